The van der Waals surface area contributed by atoms with Crippen molar-refractivity contribution in [2.75, 3.05) is 13.2 Å². The topological polar surface area (TPSA) is 68.6 Å². The number of benzene rings is 1. The molecule has 1 aliphatic rings. The number of hydrogen-bond donors (Lipinski definition) is 0. The maximum Gasteiger partial charge on any atom is 0.336 e. The Morgan fingerprint density at radius 3 is 2.28 bits per heavy atom. The lowest BCUT2D eigenvalue weighted by Gasteiger charge is -2.33. The Kier molecular flexibility index (Phi) is 10.2. The molecule has 1 aromatic rings. The first-order valence-electron chi connectivity index (χ1n) is 11.1. The van der Waals surface area contributed by atoms with Gasteiger partial charge >= 0.3 is 5.97 Å². The van der Waals surface area contributed by atoms with Crippen molar-refractivity contribution in [1.82, 2.24) is 0 Å². The SMILES string of the molecule is CCCCCCCc1ccc(OC(=O)C2(C#N)COC(CCCCC)OC2)cc1. The highest BCUT2D eigenvalue weighted by molar-refractivity contribution is 5.82. The zero-order valence-corrected chi connectivity index (χ0v) is 18.0. The monoisotopic (exact) mass is 401 g/mol. The largest absolute Gasteiger partial charge is 0.425 e. The van der Waals surface area contributed by atoms with E-state index in [9.17, 15) is 10.1 Å². The maximum atomic E-state index is 12.6. The van der Waals surface area contributed by atoms with Crippen LogP contribution in [-0.2, 0) is 20.7 Å². The Morgan fingerprint density at radius 2 is 1.66 bits per heavy atom. The molecule has 160 valence electrons. The molecule has 0 N–H and O–H groups in total. The van der Waals surface area contributed by atoms with Crippen molar-refractivity contribution in [3.8, 4) is 11.8 Å². The van der Waals surface area contributed by atoms with E-state index in [0.29, 0.717) is 5.75 Å². The summed E-state index contributed by atoms with van der Waals surface area (Å²) in [5.74, 6) is -0.163. The molecule has 0 aromatic heterocycles. The number of hydrogen-bond acceptors (Lipinski definition) is 5. The number of carbonyl (C=O) groups excluding carboxylic acids is 1. The average molecular weight is 402 g/mol. The number of nitrogens with zero attached hydrogens (tertiary/aromatic N) is 1. The summed E-state index contributed by atoms with van der Waals surface area (Å²) < 4.78 is 16.7. The van der Waals surface area contributed by atoms with Crippen molar-refractivity contribution in [2.24, 2.45) is 5.41 Å². The summed E-state index contributed by atoms with van der Waals surface area (Å²) in [6.45, 7) is 4.37. The Balaban J connectivity index is 1.81. The molecule has 5 heteroatoms. The van der Waals surface area contributed by atoms with Gasteiger partial charge < -0.3 is 14.2 Å². The van der Waals surface area contributed by atoms with Crippen molar-refractivity contribution in [3.05, 3.63) is 29.8 Å². The summed E-state index contributed by atoms with van der Waals surface area (Å²) in [6, 6.07) is 9.62. The first-order chi connectivity index (χ1) is 14.1. The van der Waals surface area contributed by atoms with Crippen molar-refractivity contribution in [2.45, 2.75) is 84.3 Å². The summed E-state index contributed by atoms with van der Waals surface area (Å²) in [5.41, 5.74) is -0.172. The molecule has 0 spiro atoms. The van der Waals surface area contributed by atoms with E-state index in [1.54, 1.807) is 12.1 Å². The van der Waals surface area contributed by atoms with Crippen molar-refractivity contribution in [1.29, 1.82) is 5.26 Å². The molecule has 1 aliphatic heterocycles. The van der Waals surface area contributed by atoms with Gasteiger partial charge in [0.15, 0.2) is 6.29 Å². The Hall–Kier alpha value is -1.90. The summed E-state index contributed by atoms with van der Waals surface area (Å²) in [4.78, 5) is 12.6. The maximum absolute atomic E-state index is 12.6. The van der Waals surface area contributed by atoms with Gasteiger partial charge in [-0.15, -0.1) is 0 Å². The van der Waals surface area contributed by atoms with E-state index in [2.05, 4.69) is 19.9 Å². The minimum absolute atomic E-state index is 0.00890. The molecule has 2 rings (SSSR count). The van der Waals surface area contributed by atoms with Gasteiger partial charge in [0, 0.05) is 0 Å². The predicted molar refractivity (Wildman–Crippen MR) is 112 cm³/mol. The lowest BCUT2D eigenvalue weighted by molar-refractivity contribution is -0.223. The molecule has 0 amide bonds. The van der Waals surface area contributed by atoms with Gasteiger partial charge in [-0.1, -0.05) is 64.5 Å². The molecule has 0 atom stereocenters. The summed E-state index contributed by atoms with van der Waals surface area (Å²) >= 11 is 0. The van der Waals surface area contributed by atoms with E-state index in [1.807, 2.05) is 12.1 Å². The molecule has 1 fully saturated rings. The molecule has 0 aliphatic carbocycles. The second kappa shape index (κ2) is 12.6. The zero-order valence-electron chi connectivity index (χ0n) is 18.0. The quantitative estimate of drug-likeness (QED) is 0.260. The van der Waals surface area contributed by atoms with Gasteiger partial charge in [0.1, 0.15) is 5.75 Å². The van der Waals surface area contributed by atoms with Gasteiger partial charge in [-0.25, -0.2) is 4.79 Å². The number of carbonyl (C=O) groups is 1. The van der Waals surface area contributed by atoms with E-state index in [-0.39, 0.29) is 19.5 Å². The van der Waals surface area contributed by atoms with Crippen LogP contribution in [0.3, 0.4) is 0 Å². The Bertz CT molecular complexity index is 642. The van der Waals surface area contributed by atoms with Crippen LogP contribution in [-0.4, -0.2) is 25.5 Å². The fourth-order valence-electron chi connectivity index (χ4n) is 3.38. The van der Waals surface area contributed by atoms with Crippen LogP contribution >= 0.6 is 0 Å². The van der Waals surface area contributed by atoms with Gasteiger partial charge in [0.2, 0.25) is 5.41 Å². The molecule has 1 heterocycles. The molecular formula is C24H35NO4. The first kappa shape index (κ1) is 23.4. The zero-order chi connectivity index (χ0) is 21.0. The van der Waals surface area contributed by atoms with Crippen LogP contribution in [0, 0.1) is 16.7 Å². The van der Waals surface area contributed by atoms with Gasteiger partial charge in [-0.05, 0) is 43.4 Å². The van der Waals surface area contributed by atoms with Crippen LogP contribution in [0.1, 0.15) is 77.2 Å². The number of esters is 1. The van der Waals surface area contributed by atoms with E-state index < -0.39 is 11.4 Å². The number of unbranched alkanes of at least 4 members (excludes halogenated alkanes) is 6. The molecule has 1 saturated heterocycles. The minimum Gasteiger partial charge on any atom is -0.425 e. The van der Waals surface area contributed by atoms with Crippen molar-refractivity contribution in [3.63, 3.8) is 0 Å². The fraction of sp³-hybridized carbons (Fsp3) is 0.667. The molecule has 1 aromatic carbocycles. The van der Waals surface area contributed by atoms with Crippen molar-refractivity contribution < 1.29 is 19.0 Å². The van der Waals surface area contributed by atoms with Crippen LogP contribution in [0.5, 0.6) is 5.75 Å². The highest BCUT2D eigenvalue weighted by Gasteiger charge is 2.46. The molecule has 0 unspecified atom stereocenters. The van der Waals surface area contributed by atoms with Crippen LogP contribution in [0.4, 0.5) is 0 Å². The lowest BCUT2D eigenvalue weighted by atomic mass is 9.91. The van der Waals surface area contributed by atoms with Gasteiger partial charge in [-0.3, -0.25) is 0 Å². The number of nitriles is 1. The van der Waals surface area contributed by atoms with Crippen LogP contribution in [0.2, 0.25) is 0 Å². The standard InChI is InChI=1S/C24H35NO4/c1-3-5-7-8-10-11-20-13-15-21(16-14-20)29-23(26)24(17-25)18-27-22(28-19-24)12-9-6-4-2/h13-16,22H,3-12,18-19H2,1-2H3. The van der Waals surface area contributed by atoms with Gasteiger partial charge in [0.05, 0.1) is 19.3 Å². The van der Waals surface area contributed by atoms with Gasteiger partial charge in [0.25, 0.3) is 0 Å². The highest BCUT2D eigenvalue weighted by atomic mass is 16.7. The Morgan fingerprint density at radius 1 is 1.03 bits per heavy atom. The van der Waals surface area contributed by atoms with Crippen LogP contribution in [0.25, 0.3) is 0 Å². The van der Waals surface area contributed by atoms with Crippen LogP contribution in [0.15, 0.2) is 24.3 Å². The van der Waals surface area contributed by atoms with E-state index in [1.165, 1.54) is 37.7 Å². The third-order valence-electron chi connectivity index (χ3n) is 5.38. The van der Waals surface area contributed by atoms with E-state index in [0.717, 1.165) is 32.1 Å². The summed E-state index contributed by atoms with van der Waals surface area (Å²) in [5, 5.41) is 9.58. The van der Waals surface area contributed by atoms with Crippen LogP contribution < -0.4 is 4.74 Å². The molecule has 0 radical (unpaired) electrons. The lowest BCUT2D eigenvalue weighted by Crippen LogP contribution is -2.48. The Labute approximate surface area is 175 Å². The minimum atomic E-state index is -1.40. The average Bonchev–Trinajstić information content (AvgIpc) is 2.75. The smallest absolute Gasteiger partial charge is 0.336 e. The first-order valence-corrected chi connectivity index (χ1v) is 11.1. The normalized spacial score (nSPS) is 21.5. The van der Waals surface area contributed by atoms with Gasteiger partial charge in [-0.2, -0.15) is 5.26 Å². The third kappa shape index (κ3) is 7.45. The number of rotatable bonds is 12. The second-order valence-electron chi connectivity index (χ2n) is 7.94. The second-order valence-corrected chi connectivity index (χ2v) is 7.94. The molecule has 0 bridgehead atoms. The fourth-order valence-corrected chi connectivity index (χ4v) is 3.38. The molecule has 29 heavy (non-hydrogen) atoms. The summed E-state index contributed by atoms with van der Waals surface area (Å²) in [7, 11) is 0. The molecule has 5 nitrogen and oxygen atoms in total. The molecular weight excluding hydrogens is 366 g/mol. The predicted octanol–water partition coefficient (Wildman–Crippen LogP) is 5.57. The van der Waals surface area contributed by atoms with Crippen molar-refractivity contribution >= 4 is 5.97 Å². The summed E-state index contributed by atoms with van der Waals surface area (Å²) in [6.07, 6.45) is 11.0. The van der Waals surface area contributed by atoms with E-state index in [4.69, 9.17) is 14.2 Å². The number of ether oxygens (including phenoxy) is 3. The third-order valence-corrected chi connectivity index (χ3v) is 5.38. The highest BCUT2D eigenvalue weighted by Crippen LogP contribution is 2.28. The molecule has 0 saturated carbocycles. The van der Waals surface area contributed by atoms with E-state index >= 15 is 0 Å². The number of aryl methyl sites for hydroxylation is 1.